The number of sulfonamides is 1. The van der Waals surface area contributed by atoms with Crippen LogP contribution in [0.3, 0.4) is 0 Å². The van der Waals surface area contributed by atoms with Crippen molar-refractivity contribution in [2.45, 2.75) is 20.0 Å². The van der Waals surface area contributed by atoms with E-state index >= 15 is 0 Å². The van der Waals surface area contributed by atoms with Gasteiger partial charge in [0.2, 0.25) is 15.9 Å². The molecule has 0 unspecified atom stereocenters. The predicted molar refractivity (Wildman–Crippen MR) is 87.8 cm³/mol. The lowest BCUT2D eigenvalue weighted by atomic mass is 10.3. The lowest BCUT2D eigenvalue weighted by Gasteiger charge is -2.33. The number of carbonyl (C=O) groups is 1. The highest BCUT2D eigenvalue weighted by Crippen LogP contribution is 2.05. The number of carbonyl (C=O) groups excluding carboxylic acids is 1. The number of nitrogens with zero attached hydrogens (tertiary/aromatic N) is 2. The average molecular weight is 351 g/mol. The second kappa shape index (κ2) is 10.2. The standard InChI is InChI=1S/C14H29N3O5S/c1-13(2)22-12-14(18)15-4-10-21-11-9-16-5-7-17(8-6-16)23(3,19)20/h13H,4-12H2,1-3H3,(H,15,18). The Morgan fingerprint density at radius 1 is 1.17 bits per heavy atom. The second-order valence-electron chi connectivity index (χ2n) is 5.83. The minimum atomic E-state index is -3.08. The van der Waals surface area contributed by atoms with Gasteiger partial charge < -0.3 is 14.8 Å². The molecular formula is C14H29N3O5S. The smallest absolute Gasteiger partial charge is 0.246 e. The Balaban J connectivity index is 1.99. The van der Waals surface area contributed by atoms with Crippen molar-refractivity contribution in [1.82, 2.24) is 14.5 Å². The average Bonchev–Trinajstić information content (AvgIpc) is 2.48. The monoisotopic (exact) mass is 351 g/mol. The Morgan fingerprint density at radius 3 is 2.39 bits per heavy atom. The quantitative estimate of drug-likeness (QED) is 0.514. The molecule has 9 heteroatoms. The maximum absolute atomic E-state index is 11.4. The fourth-order valence-electron chi connectivity index (χ4n) is 2.14. The summed E-state index contributed by atoms with van der Waals surface area (Å²) in [6.07, 6.45) is 1.28. The van der Waals surface area contributed by atoms with Crippen molar-refractivity contribution in [1.29, 1.82) is 0 Å². The summed E-state index contributed by atoms with van der Waals surface area (Å²) < 4.78 is 35.0. The predicted octanol–water partition coefficient (Wildman–Crippen LogP) is -0.879. The van der Waals surface area contributed by atoms with Crippen molar-refractivity contribution in [2.24, 2.45) is 0 Å². The third kappa shape index (κ3) is 9.21. The lowest BCUT2D eigenvalue weighted by Crippen LogP contribution is -2.49. The zero-order valence-electron chi connectivity index (χ0n) is 14.3. The summed E-state index contributed by atoms with van der Waals surface area (Å²) in [4.78, 5) is 13.6. The van der Waals surface area contributed by atoms with Crippen LogP contribution in [0.4, 0.5) is 0 Å². The molecule has 0 saturated carbocycles. The first-order valence-electron chi connectivity index (χ1n) is 7.92. The minimum absolute atomic E-state index is 0.0418. The first kappa shape index (κ1) is 20.3. The number of amides is 1. The van der Waals surface area contributed by atoms with Crippen LogP contribution in [-0.4, -0.2) is 95.0 Å². The van der Waals surface area contributed by atoms with E-state index in [-0.39, 0.29) is 18.6 Å². The molecule has 0 radical (unpaired) electrons. The Morgan fingerprint density at radius 2 is 1.83 bits per heavy atom. The van der Waals surface area contributed by atoms with Gasteiger partial charge in [0, 0.05) is 39.3 Å². The van der Waals surface area contributed by atoms with Crippen molar-refractivity contribution in [2.75, 3.05) is 65.3 Å². The SMILES string of the molecule is CC(C)OCC(=O)NCCOCCN1CCN(S(C)(=O)=O)CC1. The van der Waals surface area contributed by atoms with Crippen LogP contribution in [0.1, 0.15) is 13.8 Å². The zero-order valence-corrected chi connectivity index (χ0v) is 15.1. The van der Waals surface area contributed by atoms with E-state index in [4.69, 9.17) is 9.47 Å². The summed E-state index contributed by atoms with van der Waals surface area (Å²) in [6.45, 7) is 8.59. The molecule has 1 fully saturated rings. The Bertz CT molecular complexity index is 447. The molecule has 0 aromatic carbocycles. The van der Waals surface area contributed by atoms with E-state index in [2.05, 4.69) is 10.2 Å². The molecule has 23 heavy (non-hydrogen) atoms. The highest BCUT2D eigenvalue weighted by Gasteiger charge is 2.22. The minimum Gasteiger partial charge on any atom is -0.378 e. The van der Waals surface area contributed by atoms with E-state index in [1.54, 1.807) is 0 Å². The maximum atomic E-state index is 11.4. The van der Waals surface area contributed by atoms with Gasteiger partial charge in [-0.1, -0.05) is 0 Å². The summed E-state index contributed by atoms with van der Waals surface area (Å²) in [5.41, 5.74) is 0. The molecule has 0 aromatic rings. The summed E-state index contributed by atoms with van der Waals surface area (Å²) in [7, 11) is -3.08. The van der Waals surface area contributed by atoms with Gasteiger partial charge in [0.05, 0.1) is 25.6 Å². The largest absolute Gasteiger partial charge is 0.378 e. The van der Waals surface area contributed by atoms with E-state index in [0.29, 0.717) is 32.8 Å². The van der Waals surface area contributed by atoms with Crippen LogP contribution in [0, 0.1) is 0 Å². The number of piperazine rings is 1. The van der Waals surface area contributed by atoms with Crippen LogP contribution >= 0.6 is 0 Å². The molecule has 1 aliphatic heterocycles. The molecule has 1 rings (SSSR count). The van der Waals surface area contributed by atoms with Gasteiger partial charge >= 0.3 is 0 Å². The van der Waals surface area contributed by atoms with Crippen LogP contribution in [0.25, 0.3) is 0 Å². The fourth-order valence-corrected chi connectivity index (χ4v) is 2.96. The zero-order chi connectivity index (χ0) is 17.3. The van der Waals surface area contributed by atoms with E-state index in [1.807, 2.05) is 13.8 Å². The van der Waals surface area contributed by atoms with E-state index < -0.39 is 10.0 Å². The Labute approximate surface area is 139 Å². The molecule has 0 spiro atoms. The van der Waals surface area contributed by atoms with Crippen molar-refractivity contribution < 1.29 is 22.7 Å². The normalized spacial score (nSPS) is 17.6. The molecular weight excluding hydrogens is 322 g/mol. The van der Waals surface area contributed by atoms with E-state index in [1.165, 1.54) is 10.6 Å². The van der Waals surface area contributed by atoms with Gasteiger partial charge in [-0.3, -0.25) is 9.69 Å². The fraction of sp³-hybridized carbons (Fsp3) is 0.929. The molecule has 136 valence electrons. The molecule has 1 N–H and O–H groups in total. The third-order valence-electron chi connectivity index (χ3n) is 3.47. The molecule has 0 bridgehead atoms. The molecule has 1 heterocycles. The second-order valence-corrected chi connectivity index (χ2v) is 7.81. The maximum Gasteiger partial charge on any atom is 0.246 e. The van der Waals surface area contributed by atoms with Crippen LogP contribution in [-0.2, 0) is 24.3 Å². The number of hydrogen-bond donors (Lipinski definition) is 1. The molecule has 8 nitrogen and oxygen atoms in total. The first-order valence-corrected chi connectivity index (χ1v) is 9.77. The molecule has 1 saturated heterocycles. The Hall–Kier alpha value is -0.740. The Kier molecular flexibility index (Phi) is 9.00. The third-order valence-corrected chi connectivity index (χ3v) is 4.77. The summed E-state index contributed by atoms with van der Waals surface area (Å²) in [5.74, 6) is -0.140. The van der Waals surface area contributed by atoms with Crippen LogP contribution in [0.5, 0.6) is 0 Å². The first-order chi connectivity index (χ1) is 10.8. The lowest BCUT2D eigenvalue weighted by molar-refractivity contribution is -0.127. The number of rotatable bonds is 10. The number of ether oxygens (including phenoxy) is 2. The molecule has 1 amide bonds. The van der Waals surface area contributed by atoms with Gasteiger partial charge in [-0.25, -0.2) is 8.42 Å². The topological polar surface area (TPSA) is 88.2 Å². The van der Waals surface area contributed by atoms with Crippen molar-refractivity contribution in [3.05, 3.63) is 0 Å². The van der Waals surface area contributed by atoms with Crippen molar-refractivity contribution in [3.8, 4) is 0 Å². The summed E-state index contributed by atoms with van der Waals surface area (Å²) in [6, 6.07) is 0. The van der Waals surface area contributed by atoms with E-state index in [0.717, 1.165) is 19.6 Å². The van der Waals surface area contributed by atoms with Gasteiger partial charge in [-0.15, -0.1) is 0 Å². The highest BCUT2D eigenvalue weighted by atomic mass is 32.2. The molecule has 0 aromatic heterocycles. The van der Waals surface area contributed by atoms with Crippen molar-refractivity contribution >= 4 is 15.9 Å². The van der Waals surface area contributed by atoms with Crippen LogP contribution in [0.2, 0.25) is 0 Å². The van der Waals surface area contributed by atoms with Gasteiger partial charge in [0.15, 0.2) is 0 Å². The number of hydrogen-bond acceptors (Lipinski definition) is 6. The summed E-state index contributed by atoms with van der Waals surface area (Å²) >= 11 is 0. The molecule has 1 aliphatic rings. The van der Waals surface area contributed by atoms with Crippen LogP contribution < -0.4 is 5.32 Å². The van der Waals surface area contributed by atoms with Gasteiger partial charge in [0.25, 0.3) is 0 Å². The van der Waals surface area contributed by atoms with Crippen molar-refractivity contribution in [3.63, 3.8) is 0 Å². The molecule has 0 aliphatic carbocycles. The summed E-state index contributed by atoms with van der Waals surface area (Å²) in [5, 5.41) is 2.72. The van der Waals surface area contributed by atoms with Gasteiger partial charge in [-0.2, -0.15) is 4.31 Å². The molecule has 0 atom stereocenters. The van der Waals surface area contributed by atoms with Gasteiger partial charge in [0.1, 0.15) is 6.61 Å². The van der Waals surface area contributed by atoms with E-state index in [9.17, 15) is 13.2 Å². The van der Waals surface area contributed by atoms with Crippen LogP contribution in [0.15, 0.2) is 0 Å². The highest BCUT2D eigenvalue weighted by molar-refractivity contribution is 7.88. The number of nitrogens with one attached hydrogen (secondary N) is 1. The van der Waals surface area contributed by atoms with Gasteiger partial charge in [-0.05, 0) is 13.8 Å².